The molecule has 10 nitrogen and oxygen atoms in total. The quantitative estimate of drug-likeness (QED) is 0.371. The van der Waals surface area contributed by atoms with Crippen LogP contribution in [0.1, 0.15) is 36.7 Å². The molecule has 4 rings (SSSR count). The van der Waals surface area contributed by atoms with E-state index in [2.05, 4.69) is 15.2 Å². The zero-order valence-electron chi connectivity index (χ0n) is 20.8. The Labute approximate surface area is 208 Å². The lowest BCUT2D eigenvalue weighted by molar-refractivity contribution is 0.0595. The molecule has 0 amide bonds. The highest BCUT2D eigenvalue weighted by Crippen LogP contribution is 2.34. The Hall–Kier alpha value is -4.18. The van der Waals surface area contributed by atoms with E-state index in [1.807, 2.05) is 45.0 Å². The van der Waals surface area contributed by atoms with Gasteiger partial charge < -0.3 is 23.7 Å². The maximum Gasteiger partial charge on any atom is 0.275 e. The summed E-state index contributed by atoms with van der Waals surface area (Å²) in [5.41, 5.74) is 1.53. The Morgan fingerprint density at radius 2 is 1.69 bits per heavy atom. The molecule has 10 heteroatoms. The van der Waals surface area contributed by atoms with Crippen molar-refractivity contribution in [3.63, 3.8) is 0 Å². The van der Waals surface area contributed by atoms with Crippen LogP contribution in [0.5, 0.6) is 17.4 Å². The van der Waals surface area contributed by atoms with E-state index in [0.717, 1.165) is 11.1 Å². The fourth-order valence-electron chi connectivity index (χ4n) is 3.67. The van der Waals surface area contributed by atoms with Gasteiger partial charge in [-0.25, -0.2) is 0 Å². The number of aryl methyl sites for hydroxylation is 1. The van der Waals surface area contributed by atoms with Gasteiger partial charge in [0, 0.05) is 0 Å². The molecule has 0 atom stereocenters. The number of aromatic hydroxyl groups is 1. The van der Waals surface area contributed by atoms with Crippen molar-refractivity contribution in [2.75, 3.05) is 14.2 Å². The highest BCUT2D eigenvalue weighted by atomic mass is 16.5. The highest BCUT2D eigenvalue weighted by Gasteiger charge is 2.27. The van der Waals surface area contributed by atoms with Crippen LogP contribution in [0, 0.1) is 6.92 Å². The van der Waals surface area contributed by atoms with E-state index in [9.17, 15) is 9.90 Å². The zero-order chi connectivity index (χ0) is 25.8. The van der Waals surface area contributed by atoms with Crippen LogP contribution in [-0.4, -0.2) is 45.2 Å². The van der Waals surface area contributed by atoms with Crippen molar-refractivity contribution in [2.24, 2.45) is 0 Å². The number of hydrogen-bond acceptors (Lipinski definition) is 9. The van der Waals surface area contributed by atoms with Gasteiger partial charge in [-0.15, -0.1) is 10.2 Å². The first-order valence-electron chi connectivity index (χ1n) is 11.4. The smallest absolute Gasteiger partial charge is 0.275 e. The molecule has 0 fully saturated rings. The standard InChI is InChI=1S/C26H28N4O6/c1-15(2)35-14-20-27-24(31)22(25-29-28-21(36-25)13-17-11-9-16(3)10-12-17)26(32)30(20)23-18(33-4)7-6-8-19(23)34-5/h6-12,15,31H,13-14H2,1-5H3. The van der Waals surface area contributed by atoms with Crippen LogP contribution >= 0.6 is 0 Å². The predicted octanol–water partition coefficient (Wildman–Crippen LogP) is 3.83. The lowest BCUT2D eigenvalue weighted by atomic mass is 10.1. The number of ether oxygens (including phenoxy) is 3. The first-order chi connectivity index (χ1) is 17.3. The van der Waals surface area contributed by atoms with Crippen LogP contribution < -0.4 is 15.0 Å². The molecule has 0 saturated carbocycles. The van der Waals surface area contributed by atoms with Crippen LogP contribution in [0.25, 0.3) is 17.1 Å². The van der Waals surface area contributed by atoms with E-state index in [1.54, 1.807) is 18.2 Å². The topological polar surface area (TPSA) is 122 Å². The number of para-hydroxylation sites is 1. The molecule has 188 valence electrons. The van der Waals surface area contributed by atoms with Gasteiger partial charge in [0.2, 0.25) is 11.8 Å². The minimum absolute atomic E-state index is 0.0511. The van der Waals surface area contributed by atoms with Gasteiger partial charge >= 0.3 is 0 Å². The summed E-state index contributed by atoms with van der Waals surface area (Å²) >= 11 is 0. The molecule has 0 radical (unpaired) electrons. The fraction of sp³-hybridized carbons (Fsp3) is 0.308. The van der Waals surface area contributed by atoms with Crippen molar-refractivity contribution in [1.29, 1.82) is 0 Å². The van der Waals surface area contributed by atoms with Crippen molar-refractivity contribution in [3.8, 4) is 34.5 Å². The molecule has 4 aromatic rings. The van der Waals surface area contributed by atoms with Crippen molar-refractivity contribution in [2.45, 2.75) is 39.9 Å². The predicted molar refractivity (Wildman–Crippen MR) is 132 cm³/mol. The normalized spacial score (nSPS) is 11.2. The maximum absolute atomic E-state index is 13.9. The van der Waals surface area contributed by atoms with Crippen LogP contribution in [0.4, 0.5) is 0 Å². The van der Waals surface area contributed by atoms with Crippen LogP contribution in [0.3, 0.4) is 0 Å². The van der Waals surface area contributed by atoms with Gasteiger partial charge in [0.1, 0.15) is 29.6 Å². The fourth-order valence-corrected chi connectivity index (χ4v) is 3.67. The molecule has 0 aliphatic rings. The van der Waals surface area contributed by atoms with E-state index in [4.69, 9.17) is 18.6 Å². The molecule has 0 spiro atoms. The SMILES string of the molecule is COc1cccc(OC)c1-n1c(COC(C)C)nc(O)c(-c2nnc(Cc3ccc(C)cc3)o2)c1=O. The van der Waals surface area contributed by atoms with E-state index < -0.39 is 11.4 Å². The summed E-state index contributed by atoms with van der Waals surface area (Å²) in [6.07, 6.45) is 0.230. The van der Waals surface area contributed by atoms with Crippen molar-refractivity contribution in [3.05, 3.63) is 75.7 Å². The summed E-state index contributed by atoms with van der Waals surface area (Å²) in [6, 6.07) is 13.0. The van der Waals surface area contributed by atoms with Gasteiger partial charge in [0.25, 0.3) is 11.4 Å². The molecule has 0 aliphatic heterocycles. The first-order valence-corrected chi connectivity index (χ1v) is 11.4. The second-order valence-corrected chi connectivity index (χ2v) is 8.40. The monoisotopic (exact) mass is 492 g/mol. The Bertz CT molecular complexity index is 1390. The van der Waals surface area contributed by atoms with Crippen LogP contribution in [0.15, 0.2) is 51.7 Å². The van der Waals surface area contributed by atoms with E-state index in [1.165, 1.54) is 18.8 Å². The van der Waals surface area contributed by atoms with Crippen molar-refractivity contribution in [1.82, 2.24) is 19.7 Å². The molecule has 2 heterocycles. The van der Waals surface area contributed by atoms with Gasteiger partial charge in [-0.3, -0.25) is 9.36 Å². The minimum Gasteiger partial charge on any atom is -0.494 e. The third-order valence-corrected chi connectivity index (χ3v) is 5.46. The lowest BCUT2D eigenvalue weighted by Crippen LogP contribution is -2.27. The lowest BCUT2D eigenvalue weighted by Gasteiger charge is -2.19. The summed E-state index contributed by atoms with van der Waals surface area (Å²) in [4.78, 5) is 18.1. The molecular weight excluding hydrogens is 464 g/mol. The Balaban J connectivity index is 1.86. The molecule has 1 N–H and O–H groups in total. The average Bonchev–Trinajstić information content (AvgIpc) is 3.31. The summed E-state index contributed by atoms with van der Waals surface area (Å²) < 4.78 is 23.8. The maximum atomic E-state index is 13.9. The number of rotatable bonds is 9. The van der Waals surface area contributed by atoms with E-state index in [-0.39, 0.29) is 30.0 Å². The molecule has 0 aliphatic carbocycles. The second kappa shape index (κ2) is 10.6. The van der Waals surface area contributed by atoms with Crippen molar-refractivity contribution >= 4 is 0 Å². The Kier molecular flexibility index (Phi) is 7.35. The van der Waals surface area contributed by atoms with Gasteiger partial charge in [-0.05, 0) is 38.5 Å². The second-order valence-electron chi connectivity index (χ2n) is 8.40. The molecule has 2 aromatic carbocycles. The van der Waals surface area contributed by atoms with E-state index >= 15 is 0 Å². The number of hydrogen-bond donors (Lipinski definition) is 1. The number of nitrogens with zero attached hydrogens (tertiary/aromatic N) is 4. The third-order valence-electron chi connectivity index (χ3n) is 5.46. The van der Waals surface area contributed by atoms with Gasteiger partial charge in [0.15, 0.2) is 5.56 Å². The molecular formula is C26H28N4O6. The molecule has 2 aromatic heterocycles. The zero-order valence-corrected chi connectivity index (χ0v) is 20.8. The summed E-state index contributed by atoms with van der Waals surface area (Å²) in [5, 5.41) is 18.9. The first kappa shape index (κ1) is 24.9. The Morgan fingerprint density at radius 1 is 1.03 bits per heavy atom. The highest BCUT2D eigenvalue weighted by molar-refractivity contribution is 5.63. The summed E-state index contributed by atoms with van der Waals surface area (Å²) in [5.74, 6) is 0.486. The molecule has 0 unspecified atom stereocenters. The third kappa shape index (κ3) is 5.08. The largest absolute Gasteiger partial charge is 0.494 e. The van der Waals surface area contributed by atoms with E-state index in [0.29, 0.717) is 29.5 Å². The molecule has 0 saturated heterocycles. The minimum atomic E-state index is -0.641. The van der Waals surface area contributed by atoms with Gasteiger partial charge in [-0.2, -0.15) is 4.98 Å². The summed E-state index contributed by atoms with van der Waals surface area (Å²) in [7, 11) is 2.97. The van der Waals surface area contributed by atoms with Crippen LogP contribution in [-0.2, 0) is 17.8 Å². The van der Waals surface area contributed by atoms with Gasteiger partial charge in [0.05, 0.1) is 26.7 Å². The Morgan fingerprint density at radius 3 is 2.31 bits per heavy atom. The molecule has 36 heavy (non-hydrogen) atoms. The van der Waals surface area contributed by atoms with Crippen molar-refractivity contribution < 1.29 is 23.7 Å². The summed E-state index contributed by atoms with van der Waals surface area (Å²) in [6.45, 7) is 5.66. The number of methoxy groups -OCH3 is 2. The number of aromatic nitrogens is 4. The number of benzene rings is 2. The van der Waals surface area contributed by atoms with Gasteiger partial charge in [-0.1, -0.05) is 35.9 Å². The van der Waals surface area contributed by atoms with Crippen LogP contribution in [0.2, 0.25) is 0 Å². The average molecular weight is 493 g/mol. The molecule has 0 bridgehead atoms.